The number of rotatable bonds is 2. The Morgan fingerprint density at radius 2 is 2.40 bits per heavy atom. The van der Waals surface area contributed by atoms with E-state index in [1.807, 2.05) is 11.7 Å². The summed E-state index contributed by atoms with van der Waals surface area (Å²) in [4.78, 5) is 0. The Bertz CT molecular complexity index is 198. The lowest BCUT2D eigenvalue weighted by Crippen LogP contribution is -1.91. The molecule has 0 radical (unpaired) electrons. The highest BCUT2D eigenvalue weighted by Crippen LogP contribution is 2.10. The lowest BCUT2D eigenvalue weighted by molar-refractivity contribution is 0.720. The van der Waals surface area contributed by atoms with Gasteiger partial charge >= 0.3 is 0 Å². The van der Waals surface area contributed by atoms with E-state index in [0.29, 0.717) is 0 Å². The molecule has 0 atom stereocenters. The molecule has 1 heterocycles. The van der Waals surface area contributed by atoms with Crippen molar-refractivity contribution < 1.29 is 0 Å². The molecule has 10 heavy (non-hydrogen) atoms. The average Bonchev–Trinajstić information content (AvgIpc) is 2.14. The van der Waals surface area contributed by atoms with Crippen molar-refractivity contribution in [2.45, 2.75) is 19.8 Å². The SMILES string of the molecule is CCCc1cc(Br)n(C)n1. The van der Waals surface area contributed by atoms with Gasteiger partial charge in [0.15, 0.2) is 0 Å². The summed E-state index contributed by atoms with van der Waals surface area (Å²) in [7, 11) is 1.93. The van der Waals surface area contributed by atoms with Crippen LogP contribution in [0.5, 0.6) is 0 Å². The van der Waals surface area contributed by atoms with E-state index in [0.717, 1.165) is 23.1 Å². The molecule has 1 aromatic heterocycles. The Labute approximate surface area is 69.4 Å². The molecule has 0 unspecified atom stereocenters. The monoisotopic (exact) mass is 202 g/mol. The van der Waals surface area contributed by atoms with Crippen molar-refractivity contribution in [3.8, 4) is 0 Å². The van der Waals surface area contributed by atoms with Crippen molar-refractivity contribution >= 4 is 15.9 Å². The van der Waals surface area contributed by atoms with Crippen molar-refractivity contribution in [2.75, 3.05) is 0 Å². The maximum Gasteiger partial charge on any atom is 0.104 e. The van der Waals surface area contributed by atoms with Crippen LogP contribution in [0, 0.1) is 0 Å². The number of nitrogens with zero attached hydrogens (tertiary/aromatic N) is 2. The molecule has 0 bridgehead atoms. The van der Waals surface area contributed by atoms with Crippen molar-refractivity contribution in [2.24, 2.45) is 7.05 Å². The van der Waals surface area contributed by atoms with Crippen LogP contribution in [0.25, 0.3) is 0 Å². The summed E-state index contributed by atoms with van der Waals surface area (Å²) in [5, 5.41) is 4.27. The van der Waals surface area contributed by atoms with E-state index in [-0.39, 0.29) is 0 Å². The predicted molar refractivity (Wildman–Crippen MR) is 44.9 cm³/mol. The molecule has 1 rings (SSSR count). The Morgan fingerprint density at radius 3 is 2.80 bits per heavy atom. The summed E-state index contributed by atoms with van der Waals surface area (Å²) >= 11 is 3.39. The van der Waals surface area contributed by atoms with E-state index in [1.165, 1.54) is 0 Å². The summed E-state index contributed by atoms with van der Waals surface area (Å²) in [6, 6.07) is 2.06. The highest BCUT2D eigenvalue weighted by molar-refractivity contribution is 9.10. The summed E-state index contributed by atoms with van der Waals surface area (Å²) in [6.45, 7) is 2.16. The van der Waals surface area contributed by atoms with E-state index in [1.54, 1.807) is 0 Å². The molecule has 2 nitrogen and oxygen atoms in total. The number of aryl methyl sites for hydroxylation is 2. The third kappa shape index (κ3) is 1.59. The third-order valence-corrected chi connectivity index (χ3v) is 2.12. The van der Waals surface area contributed by atoms with Crippen molar-refractivity contribution in [3.63, 3.8) is 0 Å². The normalized spacial score (nSPS) is 10.3. The minimum absolute atomic E-state index is 1.05. The molecule has 1 aromatic rings. The molecular formula is C7H11BrN2. The van der Waals surface area contributed by atoms with Gasteiger partial charge in [0.05, 0.1) is 5.69 Å². The van der Waals surface area contributed by atoms with E-state index >= 15 is 0 Å². The van der Waals surface area contributed by atoms with Gasteiger partial charge in [0.1, 0.15) is 4.60 Å². The molecule has 0 aliphatic rings. The van der Waals surface area contributed by atoms with Gasteiger partial charge in [-0.1, -0.05) is 13.3 Å². The first-order chi connectivity index (χ1) is 4.74. The van der Waals surface area contributed by atoms with E-state index < -0.39 is 0 Å². The van der Waals surface area contributed by atoms with Crippen LogP contribution in [-0.2, 0) is 13.5 Å². The number of aromatic nitrogens is 2. The second kappa shape index (κ2) is 3.19. The first-order valence-corrected chi connectivity index (χ1v) is 4.21. The molecule has 0 saturated heterocycles. The molecule has 0 saturated carbocycles. The van der Waals surface area contributed by atoms with Crippen LogP contribution in [-0.4, -0.2) is 9.78 Å². The highest BCUT2D eigenvalue weighted by atomic mass is 79.9. The van der Waals surface area contributed by atoms with E-state index in [2.05, 4.69) is 34.0 Å². The zero-order valence-corrected chi connectivity index (χ0v) is 7.85. The fourth-order valence-electron chi connectivity index (χ4n) is 0.879. The van der Waals surface area contributed by atoms with Gasteiger partial charge in [-0.15, -0.1) is 0 Å². The fourth-order valence-corrected chi connectivity index (χ4v) is 1.22. The molecule has 0 aliphatic heterocycles. The Morgan fingerprint density at radius 1 is 1.70 bits per heavy atom. The first kappa shape index (κ1) is 7.79. The standard InChI is InChI=1S/C7H11BrN2/c1-3-4-6-5-7(8)10(2)9-6/h5H,3-4H2,1-2H3. The second-order valence-corrected chi connectivity index (χ2v) is 3.14. The minimum Gasteiger partial charge on any atom is -0.261 e. The average molecular weight is 203 g/mol. The maximum atomic E-state index is 4.27. The van der Waals surface area contributed by atoms with Crippen LogP contribution >= 0.6 is 15.9 Å². The zero-order chi connectivity index (χ0) is 7.56. The number of hydrogen-bond donors (Lipinski definition) is 0. The first-order valence-electron chi connectivity index (χ1n) is 3.42. The third-order valence-electron chi connectivity index (χ3n) is 1.38. The van der Waals surface area contributed by atoms with Gasteiger partial charge in [-0.25, -0.2) is 0 Å². The highest BCUT2D eigenvalue weighted by Gasteiger charge is 1.99. The predicted octanol–water partition coefficient (Wildman–Crippen LogP) is 2.14. The van der Waals surface area contributed by atoms with Gasteiger partial charge in [0.25, 0.3) is 0 Å². The molecule has 0 fully saturated rings. The van der Waals surface area contributed by atoms with Gasteiger partial charge in [-0.3, -0.25) is 4.68 Å². The quantitative estimate of drug-likeness (QED) is 0.719. The summed E-state index contributed by atoms with van der Waals surface area (Å²) in [6.07, 6.45) is 2.23. The van der Waals surface area contributed by atoms with Crippen molar-refractivity contribution in [1.29, 1.82) is 0 Å². The molecular weight excluding hydrogens is 192 g/mol. The van der Waals surface area contributed by atoms with Gasteiger partial charge in [0.2, 0.25) is 0 Å². The van der Waals surface area contributed by atoms with Crippen LogP contribution in [0.1, 0.15) is 19.0 Å². The summed E-state index contributed by atoms with van der Waals surface area (Å²) in [5.74, 6) is 0. The lowest BCUT2D eigenvalue weighted by Gasteiger charge is -1.88. The molecule has 0 spiro atoms. The molecule has 0 amide bonds. The molecule has 0 aliphatic carbocycles. The molecule has 56 valence electrons. The maximum absolute atomic E-state index is 4.27. The molecule has 3 heteroatoms. The Kier molecular flexibility index (Phi) is 2.49. The zero-order valence-electron chi connectivity index (χ0n) is 6.26. The van der Waals surface area contributed by atoms with Crippen molar-refractivity contribution in [3.05, 3.63) is 16.4 Å². The second-order valence-electron chi connectivity index (χ2n) is 2.33. The van der Waals surface area contributed by atoms with Crippen LogP contribution in [0.2, 0.25) is 0 Å². The van der Waals surface area contributed by atoms with Gasteiger partial charge in [-0.05, 0) is 28.4 Å². The largest absolute Gasteiger partial charge is 0.261 e. The Hall–Kier alpha value is -0.310. The lowest BCUT2D eigenvalue weighted by atomic mass is 10.3. The van der Waals surface area contributed by atoms with Gasteiger partial charge < -0.3 is 0 Å². The van der Waals surface area contributed by atoms with Crippen molar-refractivity contribution in [1.82, 2.24) is 9.78 Å². The van der Waals surface area contributed by atoms with Crippen LogP contribution in [0.3, 0.4) is 0 Å². The number of hydrogen-bond acceptors (Lipinski definition) is 1. The number of halogens is 1. The minimum atomic E-state index is 1.05. The van der Waals surface area contributed by atoms with Gasteiger partial charge in [0, 0.05) is 7.05 Å². The molecule has 0 aromatic carbocycles. The smallest absolute Gasteiger partial charge is 0.104 e. The van der Waals surface area contributed by atoms with E-state index in [4.69, 9.17) is 0 Å². The Balaban J connectivity index is 2.77. The topological polar surface area (TPSA) is 17.8 Å². The van der Waals surface area contributed by atoms with Crippen LogP contribution in [0.4, 0.5) is 0 Å². The summed E-state index contributed by atoms with van der Waals surface area (Å²) in [5.41, 5.74) is 1.16. The van der Waals surface area contributed by atoms with E-state index in [9.17, 15) is 0 Å². The van der Waals surface area contributed by atoms with Gasteiger partial charge in [-0.2, -0.15) is 5.10 Å². The van der Waals surface area contributed by atoms with Crippen LogP contribution in [0.15, 0.2) is 10.7 Å². The fraction of sp³-hybridized carbons (Fsp3) is 0.571. The molecule has 0 N–H and O–H groups in total. The summed E-state index contributed by atoms with van der Waals surface area (Å²) < 4.78 is 2.89. The van der Waals surface area contributed by atoms with Crippen LogP contribution < -0.4 is 0 Å².